The van der Waals surface area contributed by atoms with E-state index < -0.39 is 28.9 Å². The maximum absolute atomic E-state index is 14.3. The van der Waals surface area contributed by atoms with Gasteiger partial charge in [-0.1, -0.05) is 116 Å². The lowest BCUT2D eigenvalue weighted by molar-refractivity contribution is -0.210. The highest BCUT2D eigenvalue weighted by atomic mass is 28.4. The summed E-state index contributed by atoms with van der Waals surface area (Å²) in [6.07, 6.45) is 4.84. The maximum atomic E-state index is 14.3. The molecular formula is C40H60O5Si2. The molecule has 5 rings (SSSR count). The second kappa shape index (κ2) is 13.3. The third-order valence-corrected chi connectivity index (χ3v) is 19.0. The largest absolute Gasteiger partial charge is 0.460 e. The van der Waals surface area contributed by atoms with Crippen LogP contribution in [0.3, 0.4) is 0 Å². The Labute approximate surface area is 287 Å². The first kappa shape index (κ1) is 36.2. The second-order valence-corrected chi connectivity index (χ2v) is 23.6. The Hall–Kier alpha value is -2.07. The summed E-state index contributed by atoms with van der Waals surface area (Å²) in [6.45, 7) is 22.6. The molecule has 7 heteroatoms. The smallest absolute Gasteiger partial charge is 0.331 e. The summed E-state index contributed by atoms with van der Waals surface area (Å²) in [7, 11) is -4.33. The monoisotopic (exact) mass is 676 g/mol. The predicted molar refractivity (Wildman–Crippen MR) is 196 cm³/mol. The molecule has 3 saturated carbocycles. The Morgan fingerprint density at radius 1 is 0.957 bits per heavy atom. The Kier molecular flexibility index (Phi) is 10.3. The Balaban J connectivity index is 1.55. The number of ether oxygens (including phenoxy) is 1. The average molecular weight is 677 g/mol. The van der Waals surface area contributed by atoms with E-state index in [0.29, 0.717) is 18.6 Å². The van der Waals surface area contributed by atoms with Gasteiger partial charge in [0.25, 0.3) is 8.32 Å². The fraction of sp³-hybridized carbons (Fsp3) is 0.650. The van der Waals surface area contributed by atoms with E-state index in [1.807, 2.05) is 12.1 Å². The van der Waals surface area contributed by atoms with E-state index in [0.717, 1.165) is 36.1 Å². The lowest BCUT2D eigenvalue weighted by Crippen LogP contribution is -2.67. The molecule has 0 amide bonds. The predicted octanol–water partition coefficient (Wildman–Crippen LogP) is 7.70. The van der Waals surface area contributed by atoms with E-state index >= 15 is 0 Å². The van der Waals surface area contributed by atoms with Gasteiger partial charge in [0.05, 0.1) is 6.10 Å². The van der Waals surface area contributed by atoms with Gasteiger partial charge in [-0.25, -0.2) is 4.79 Å². The topological polar surface area (TPSA) is 61.8 Å². The number of esters is 1. The van der Waals surface area contributed by atoms with Gasteiger partial charge in [-0.2, -0.15) is 0 Å². The summed E-state index contributed by atoms with van der Waals surface area (Å²) in [4.78, 5) is 28.4. The molecule has 5 nitrogen and oxygen atoms in total. The van der Waals surface area contributed by atoms with E-state index in [9.17, 15) is 9.59 Å². The number of Topliss-reactive ketones (excluding diaryl/α,β-unsaturated/α-hetero) is 1. The van der Waals surface area contributed by atoms with Crippen LogP contribution < -0.4 is 10.4 Å². The molecule has 3 fully saturated rings. The Morgan fingerprint density at radius 2 is 1.53 bits per heavy atom. The van der Waals surface area contributed by atoms with Crippen molar-refractivity contribution in [3.63, 3.8) is 0 Å². The first-order valence-corrected chi connectivity index (χ1v) is 22.9. The van der Waals surface area contributed by atoms with Gasteiger partial charge in [0.15, 0.2) is 9.04 Å². The number of carbonyl (C=O) groups is 2. The van der Waals surface area contributed by atoms with Crippen molar-refractivity contribution >= 4 is 39.5 Å². The van der Waals surface area contributed by atoms with Gasteiger partial charge in [0.1, 0.15) is 18.5 Å². The maximum Gasteiger partial charge on any atom is 0.331 e. The fourth-order valence-electron chi connectivity index (χ4n) is 10.4. The van der Waals surface area contributed by atoms with Gasteiger partial charge in [-0.3, -0.25) is 4.79 Å². The molecule has 0 saturated heterocycles. The van der Waals surface area contributed by atoms with Gasteiger partial charge in [0, 0.05) is 17.8 Å². The molecule has 0 spiro atoms. The molecule has 3 aliphatic rings. The molecule has 0 heterocycles. The van der Waals surface area contributed by atoms with Crippen LogP contribution in [0.2, 0.25) is 18.1 Å². The number of rotatable bonds is 9. The Morgan fingerprint density at radius 3 is 2.04 bits per heavy atom. The normalized spacial score (nSPS) is 34.4. The molecule has 0 radical (unpaired) electrons. The molecule has 258 valence electrons. The lowest BCUT2D eigenvalue weighted by Gasteiger charge is -2.63. The first-order chi connectivity index (χ1) is 22.1. The van der Waals surface area contributed by atoms with Crippen molar-refractivity contribution in [2.24, 2.45) is 34.0 Å². The van der Waals surface area contributed by atoms with Crippen molar-refractivity contribution < 1.29 is 23.2 Å². The van der Waals surface area contributed by atoms with Crippen molar-refractivity contribution in [1.29, 1.82) is 0 Å². The van der Waals surface area contributed by atoms with Crippen molar-refractivity contribution in [3.8, 4) is 0 Å². The van der Waals surface area contributed by atoms with E-state index in [-0.39, 0.29) is 52.3 Å². The molecule has 1 unspecified atom stereocenters. The summed E-state index contributed by atoms with van der Waals surface area (Å²) in [6, 6.07) is 20.9. The first-order valence-electron chi connectivity index (χ1n) is 18.2. The zero-order valence-corrected chi connectivity index (χ0v) is 32.9. The summed E-state index contributed by atoms with van der Waals surface area (Å²) in [5.74, 6) is 0.409. The highest BCUT2D eigenvalue weighted by Gasteiger charge is 2.68. The second-order valence-electron chi connectivity index (χ2n) is 17.0. The van der Waals surface area contributed by atoms with E-state index in [1.165, 1.54) is 0 Å². The van der Waals surface area contributed by atoms with Crippen LogP contribution in [0.15, 0.2) is 60.7 Å². The summed E-state index contributed by atoms with van der Waals surface area (Å²) < 4.78 is 20.8. The summed E-state index contributed by atoms with van der Waals surface area (Å²) in [5.41, 5.74) is -0.772. The van der Waals surface area contributed by atoms with Crippen molar-refractivity contribution in [1.82, 2.24) is 0 Å². The van der Waals surface area contributed by atoms with Gasteiger partial charge in [-0.05, 0) is 83.3 Å². The van der Waals surface area contributed by atoms with Crippen LogP contribution in [0.5, 0.6) is 0 Å². The van der Waals surface area contributed by atoms with Gasteiger partial charge < -0.3 is 13.6 Å². The quantitative estimate of drug-likeness (QED) is 0.201. The Bertz CT molecular complexity index is 1370. The molecule has 0 aliphatic heterocycles. The van der Waals surface area contributed by atoms with Crippen molar-refractivity contribution in [2.75, 3.05) is 6.61 Å². The average Bonchev–Trinajstić information content (AvgIpc) is 3.39. The van der Waals surface area contributed by atoms with Crippen LogP contribution >= 0.6 is 0 Å². The zero-order valence-electron chi connectivity index (χ0n) is 30.7. The third kappa shape index (κ3) is 6.06. The highest BCUT2D eigenvalue weighted by Crippen LogP contribution is 2.68. The number of benzene rings is 2. The van der Waals surface area contributed by atoms with Crippen LogP contribution in [0.4, 0.5) is 0 Å². The van der Waals surface area contributed by atoms with Gasteiger partial charge >= 0.3 is 5.97 Å². The zero-order chi connectivity index (χ0) is 34.4. The van der Waals surface area contributed by atoms with Crippen molar-refractivity contribution in [3.05, 3.63) is 60.7 Å². The number of hydrogen-bond donors (Lipinski definition) is 0. The van der Waals surface area contributed by atoms with Crippen LogP contribution in [0.1, 0.15) is 93.9 Å². The van der Waals surface area contributed by atoms with Crippen molar-refractivity contribution in [2.45, 2.75) is 124 Å². The molecule has 2 aromatic carbocycles. The molecule has 0 N–H and O–H groups in total. The molecule has 47 heavy (non-hydrogen) atoms. The standard InChI is InChI=1S/C40H60O5Si2/c1-11-38(7)26-33(39(8)28(2)22-24-40(25-23-32(41)35(39)40)29(3)36(38)45-46(9)10)44-34(42)27-43-47(37(4,5)6,30-18-14-12-15-19-30)31-20-16-13-17-21-31/h12-21,28-29,33,35-36,46H,11,22-27H2,1-10H3/t28-,29+,33-,35?,36+,38+,39+,40+/m1/s1. The van der Waals surface area contributed by atoms with E-state index in [2.05, 4.69) is 117 Å². The van der Waals surface area contributed by atoms with Crippen LogP contribution in [0.25, 0.3) is 0 Å². The van der Waals surface area contributed by atoms with Crippen LogP contribution in [-0.2, 0) is 23.2 Å². The minimum Gasteiger partial charge on any atom is -0.460 e. The van der Waals surface area contributed by atoms with E-state index in [1.54, 1.807) is 0 Å². The fourth-order valence-corrected chi connectivity index (χ4v) is 16.0. The number of carbonyl (C=O) groups excluding carboxylic acids is 2. The van der Waals surface area contributed by atoms with Gasteiger partial charge in [-0.15, -0.1) is 0 Å². The van der Waals surface area contributed by atoms with Crippen LogP contribution in [0, 0.1) is 34.0 Å². The molecule has 2 aromatic rings. The summed E-state index contributed by atoms with van der Waals surface area (Å²) in [5, 5.41) is 2.02. The van der Waals surface area contributed by atoms with E-state index in [4.69, 9.17) is 13.6 Å². The summed E-state index contributed by atoms with van der Waals surface area (Å²) >= 11 is 0. The minimum absolute atomic E-state index is 0.0279. The number of ketones is 1. The SMILES string of the molecule is CC[C@@]1(C)C[C@@H](OC(=O)CO[Si](c2ccccc2)(c2ccccc2)C(C)(C)C)[C@@]2(C)C3C(=O)CC[C@@]3(CC[C@H]2C)[C@@H](C)[C@@H]1O[SiH](C)C. The molecule has 3 aliphatic carbocycles. The molecule has 2 bridgehead atoms. The highest BCUT2D eigenvalue weighted by molar-refractivity contribution is 6.99. The minimum atomic E-state index is -2.93. The van der Waals surface area contributed by atoms with Crippen LogP contribution in [-0.4, -0.2) is 47.9 Å². The lowest BCUT2D eigenvalue weighted by atomic mass is 9.43. The molecule has 0 aromatic heterocycles. The molecular weight excluding hydrogens is 617 g/mol. The molecule has 8 atom stereocenters. The number of hydrogen-bond acceptors (Lipinski definition) is 5. The third-order valence-electron chi connectivity index (χ3n) is 13.2. The van der Waals surface area contributed by atoms with Gasteiger partial charge in [0.2, 0.25) is 0 Å².